The van der Waals surface area contributed by atoms with E-state index in [0.717, 1.165) is 42.3 Å². The van der Waals surface area contributed by atoms with Gasteiger partial charge in [-0.15, -0.1) is 17.9 Å². The van der Waals surface area contributed by atoms with E-state index in [1.54, 1.807) is 22.0 Å². The Kier molecular flexibility index (Phi) is 4.45. The molecule has 1 amide bonds. The van der Waals surface area contributed by atoms with Gasteiger partial charge in [-0.3, -0.25) is 14.2 Å². The zero-order valence-electron chi connectivity index (χ0n) is 14.2. The summed E-state index contributed by atoms with van der Waals surface area (Å²) in [5.41, 5.74) is 1.19. The quantitative estimate of drug-likeness (QED) is 0.479. The second-order valence-electron chi connectivity index (χ2n) is 6.68. The Labute approximate surface area is 154 Å². The molecule has 0 radical (unpaired) electrons. The van der Waals surface area contributed by atoms with Crippen LogP contribution < -0.4 is 10.9 Å². The molecule has 0 spiro atoms. The molecule has 0 aromatic carbocycles. The summed E-state index contributed by atoms with van der Waals surface area (Å²) in [5, 5.41) is 4.12. The summed E-state index contributed by atoms with van der Waals surface area (Å²) in [6.07, 6.45) is 6.96. The highest BCUT2D eigenvalue weighted by Crippen LogP contribution is 2.36. The highest BCUT2D eigenvalue weighted by molar-refractivity contribution is 8.00. The minimum Gasteiger partial charge on any atom is -0.352 e. The first kappa shape index (κ1) is 16.8. The second-order valence-corrected chi connectivity index (χ2v) is 9.07. The summed E-state index contributed by atoms with van der Waals surface area (Å²) >= 11 is 2.99. The van der Waals surface area contributed by atoms with Crippen LogP contribution in [0, 0.1) is 0 Å². The van der Waals surface area contributed by atoms with Crippen molar-refractivity contribution >= 4 is 39.2 Å². The normalized spacial score (nSPS) is 17.5. The van der Waals surface area contributed by atoms with Gasteiger partial charge in [-0.25, -0.2) is 4.98 Å². The Morgan fingerprint density at radius 3 is 3.04 bits per heavy atom. The molecule has 1 N–H and O–H groups in total. The zero-order chi connectivity index (χ0) is 17.6. The second kappa shape index (κ2) is 6.61. The lowest BCUT2D eigenvalue weighted by molar-refractivity contribution is -0.120. The average molecular weight is 376 g/mol. The maximum Gasteiger partial charge on any atom is 0.263 e. The van der Waals surface area contributed by atoms with Gasteiger partial charge < -0.3 is 5.32 Å². The van der Waals surface area contributed by atoms with Crippen molar-refractivity contribution in [3.8, 4) is 0 Å². The third kappa shape index (κ3) is 3.15. The van der Waals surface area contributed by atoms with Crippen LogP contribution in [0.15, 0.2) is 22.6 Å². The number of rotatable bonds is 6. The van der Waals surface area contributed by atoms with Gasteiger partial charge in [-0.05, 0) is 44.6 Å². The van der Waals surface area contributed by atoms with Crippen molar-refractivity contribution in [2.75, 3.05) is 0 Å². The molecule has 7 heteroatoms. The summed E-state index contributed by atoms with van der Waals surface area (Å²) in [7, 11) is 0. The molecule has 2 aliphatic carbocycles. The zero-order valence-corrected chi connectivity index (χ0v) is 15.8. The number of nitrogens with zero attached hydrogens (tertiary/aromatic N) is 2. The van der Waals surface area contributed by atoms with Gasteiger partial charge in [0.05, 0.1) is 10.6 Å². The van der Waals surface area contributed by atoms with E-state index in [0.29, 0.717) is 17.7 Å². The van der Waals surface area contributed by atoms with Crippen LogP contribution in [0.2, 0.25) is 0 Å². The third-order valence-corrected chi connectivity index (χ3v) is 6.95. The summed E-state index contributed by atoms with van der Waals surface area (Å²) in [6, 6.07) is 0.335. The number of nitrogens with one attached hydrogen (secondary N) is 1. The number of hydrogen-bond donors (Lipinski definition) is 1. The van der Waals surface area contributed by atoms with Crippen molar-refractivity contribution in [1.29, 1.82) is 0 Å². The summed E-state index contributed by atoms with van der Waals surface area (Å²) in [5.74, 6) is 0.0145. The number of carbonyl (C=O) groups excluding carboxylic acids is 1. The van der Waals surface area contributed by atoms with Crippen molar-refractivity contribution in [2.45, 2.75) is 62.0 Å². The van der Waals surface area contributed by atoms with E-state index < -0.39 is 0 Å². The van der Waals surface area contributed by atoms with Crippen molar-refractivity contribution in [3.63, 3.8) is 0 Å². The van der Waals surface area contributed by atoms with Crippen LogP contribution in [0.25, 0.3) is 10.2 Å². The largest absolute Gasteiger partial charge is 0.352 e. The average Bonchev–Trinajstić information content (AvgIpc) is 3.15. The molecule has 2 aromatic rings. The minimum atomic E-state index is -0.284. The molecule has 2 heterocycles. The van der Waals surface area contributed by atoms with E-state index in [1.807, 2.05) is 6.92 Å². The Morgan fingerprint density at radius 2 is 2.32 bits per heavy atom. The van der Waals surface area contributed by atoms with Crippen LogP contribution >= 0.6 is 23.1 Å². The van der Waals surface area contributed by atoms with Crippen LogP contribution in [-0.2, 0) is 24.2 Å². The number of carbonyl (C=O) groups is 1. The fourth-order valence-electron chi connectivity index (χ4n) is 3.20. The first-order valence-corrected chi connectivity index (χ1v) is 10.4. The lowest BCUT2D eigenvalue weighted by Crippen LogP contribution is -2.33. The standard InChI is InChI=1S/C18H21N3O2S2/c1-3-9-21-17(23)14-12-5-4-6-13(12)25-16(14)20-18(21)24-10(2)15(22)19-11-7-8-11/h3,10-11H,1,4-9H2,2H3,(H,19,22)/t10-/m0/s1. The minimum absolute atomic E-state index is 0.00148. The fraction of sp³-hybridized carbons (Fsp3) is 0.500. The van der Waals surface area contributed by atoms with Crippen LogP contribution in [0.1, 0.15) is 36.6 Å². The van der Waals surface area contributed by atoms with E-state index in [1.165, 1.54) is 22.2 Å². The molecule has 0 saturated heterocycles. The number of amides is 1. The lowest BCUT2D eigenvalue weighted by atomic mass is 10.2. The number of thiophene rings is 1. The topological polar surface area (TPSA) is 64.0 Å². The van der Waals surface area contributed by atoms with Gasteiger partial charge in [0.15, 0.2) is 5.16 Å². The van der Waals surface area contributed by atoms with Crippen molar-refractivity contribution < 1.29 is 4.79 Å². The van der Waals surface area contributed by atoms with E-state index in [-0.39, 0.29) is 16.7 Å². The third-order valence-electron chi connectivity index (χ3n) is 4.68. The molecule has 2 aliphatic rings. The molecule has 5 nitrogen and oxygen atoms in total. The predicted molar refractivity (Wildman–Crippen MR) is 103 cm³/mol. The Hall–Kier alpha value is -1.60. The van der Waals surface area contributed by atoms with E-state index in [4.69, 9.17) is 4.98 Å². The van der Waals surface area contributed by atoms with Crippen LogP contribution in [0.3, 0.4) is 0 Å². The monoisotopic (exact) mass is 375 g/mol. The van der Waals surface area contributed by atoms with E-state index in [2.05, 4.69) is 11.9 Å². The summed E-state index contributed by atoms with van der Waals surface area (Å²) < 4.78 is 1.66. The maximum atomic E-state index is 13.1. The van der Waals surface area contributed by atoms with Gasteiger partial charge in [-0.1, -0.05) is 17.8 Å². The molecule has 0 aliphatic heterocycles. The Morgan fingerprint density at radius 1 is 1.52 bits per heavy atom. The van der Waals surface area contributed by atoms with Gasteiger partial charge in [0, 0.05) is 17.5 Å². The van der Waals surface area contributed by atoms with Crippen LogP contribution in [0.5, 0.6) is 0 Å². The van der Waals surface area contributed by atoms with Gasteiger partial charge in [0.25, 0.3) is 5.56 Å². The van der Waals surface area contributed by atoms with Crippen LogP contribution in [0.4, 0.5) is 0 Å². The smallest absolute Gasteiger partial charge is 0.263 e. The Balaban J connectivity index is 1.71. The molecule has 1 atom stereocenters. The predicted octanol–water partition coefficient (Wildman–Crippen LogP) is 2.89. The number of thioether (sulfide) groups is 1. The highest BCUT2D eigenvalue weighted by atomic mass is 32.2. The van der Waals surface area contributed by atoms with E-state index >= 15 is 0 Å². The number of aromatic nitrogens is 2. The molecule has 1 fully saturated rings. The van der Waals surface area contributed by atoms with Gasteiger partial charge >= 0.3 is 0 Å². The molecular weight excluding hydrogens is 354 g/mol. The number of aryl methyl sites for hydroxylation is 2. The summed E-state index contributed by atoms with van der Waals surface area (Å²) in [4.78, 5) is 32.2. The lowest BCUT2D eigenvalue weighted by Gasteiger charge is -2.14. The van der Waals surface area contributed by atoms with E-state index in [9.17, 15) is 9.59 Å². The SMILES string of the molecule is C=CCn1c(S[C@@H](C)C(=O)NC2CC2)nc2sc3c(c2c1=O)CCC3. The maximum absolute atomic E-state index is 13.1. The number of fused-ring (bicyclic) bond motifs is 3. The molecule has 2 aromatic heterocycles. The highest BCUT2D eigenvalue weighted by Gasteiger charge is 2.28. The van der Waals surface area contributed by atoms with Gasteiger partial charge in [0.2, 0.25) is 5.91 Å². The first-order chi connectivity index (χ1) is 12.1. The molecular formula is C18H21N3O2S2. The molecule has 0 unspecified atom stereocenters. The molecule has 1 saturated carbocycles. The molecule has 0 bridgehead atoms. The van der Waals surface area contributed by atoms with Crippen LogP contribution in [-0.4, -0.2) is 26.8 Å². The molecule has 25 heavy (non-hydrogen) atoms. The molecule has 4 rings (SSSR count). The fourth-order valence-corrected chi connectivity index (χ4v) is 5.43. The van der Waals surface area contributed by atoms with Crippen molar-refractivity contribution in [2.24, 2.45) is 0 Å². The Bertz CT molecular complexity index is 911. The molecule has 132 valence electrons. The van der Waals surface area contributed by atoms with Gasteiger partial charge in [-0.2, -0.15) is 0 Å². The summed E-state index contributed by atoms with van der Waals surface area (Å²) in [6.45, 7) is 6.04. The van der Waals surface area contributed by atoms with Gasteiger partial charge in [0.1, 0.15) is 4.83 Å². The number of hydrogen-bond acceptors (Lipinski definition) is 5. The van der Waals surface area contributed by atoms with Crippen molar-refractivity contribution in [1.82, 2.24) is 14.9 Å². The number of allylic oxidation sites excluding steroid dienone is 1. The van der Waals surface area contributed by atoms with Crippen molar-refractivity contribution in [3.05, 3.63) is 33.4 Å². The first-order valence-electron chi connectivity index (χ1n) is 8.71.